The Bertz CT molecular complexity index is 1510. The Morgan fingerprint density at radius 1 is 1.07 bits per heavy atom. The van der Waals surface area contributed by atoms with Crippen molar-refractivity contribution in [3.05, 3.63) is 81.6 Å². The van der Waals surface area contributed by atoms with Crippen molar-refractivity contribution in [2.75, 3.05) is 32.4 Å². The van der Waals surface area contributed by atoms with Gasteiger partial charge in [-0.2, -0.15) is 9.40 Å². The monoisotopic (exact) mass is 585 g/mol. The first kappa shape index (κ1) is 28.1. The van der Waals surface area contributed by atoms with Crippen molar-refractivity contribution in [1.82, 2.24) is 24.3 Å². The van der Waals surface area contributed by atoms with Gasteiger partial charge in [0.1, 0.15) is 18.1 Å². The third-order valence-electron chi connectivity index (χ3n) is 7.20. The summed E-state index contributed by atoms with van der Waals surface area (Å²) < 4.78 is 32.4. The summed E-state index contributed by atoms with van der Waals surface area (Å²) in [5.74, 6) is 0.621. The fraction of sp³-hybridized carbons (Fsp3) is 0.393. The Hall–Kier alpha value is -3.41. The summed E-state index contributed by atoms with van der Waals surface area (Å²) in [5, 5.41) is 7.79. The van der Waals surface area contributed by atoms with Crippen molar-refractivity contribution in [1.29, 1.82) is 0 Å². The Kier molecular flexibility index (Phi) is 8.16. The van der Waals surface area contributed by atoms with Gasteiger partial charge in [-0.15, -0.1) is 0 Å². The number of hydrogen-bond donors (Lipinski definition) is 1. The number of hydrogen-bond acceptors (Lipinski definition) is 6. The topological polar surface area (TPSA) is 114 Å². The van der Waals surface area contributed by atoms with Crippen LogP contribution < -0.4 is 10.1 Å². The van der Waals surface area contributed by atoms with Gasteiger partial charge in [-0.1, -0.05) is 35.9 Å². The molecule has 1 saturated carbocycles. The first-order chi connectivity index (χ1) is 19.1. The number of ether oxygens (including phenoxy) is 1. The van der Waals surface area contributed by atoms with Crippen LogP contribution in [0.3, 0.4) is 0 Å². The van der Waals surface area contributed by atoms with Gasteiger partial charge in [0, 0.05) is 51.3 Å². The molecule has 0 atom stereocenters. The highest BCUT2D eigenvalue weighted by Gasteiger charge is 2.28. The van der Waals surface area contributed by atoms with Gasteiger partial charge >= 0.3 is 0 Å². The molecule has 1 saturated heterocycles. The molecule has 2 amide bonds. The van der Waals surface area contributed by atoms with Gasteiger partial charge in [0.05, 0.1) is 17.0 Å². The molecule has 1 N–H and O–H groups in total. The second-order valence-electron chi connectivity index (χ2n) is 10.2. The van der Waals surface area contributed by atoms with E-state index in [9.17, 15) is 18.0 Å². The third-order valence-corrected chi connectivity index (χ3v) is 8.93. The Balaban J connectivity index is 1.14. The second-order valence-corrected chi connectivity index (χ2v) is 12.6. The van der Waals surface area contributed by atoms with Gasteiger partial charge in [0.2, 0.25) is 10.0 Å². The summed E-state index contributed by atoms with van der Waals surface area (Å²) in [5.41, 5.74) is 3.60. The first-order valence-electron chi connectivity index (χ1n) is 13.2. The summed E-state index contributed by atoms with van der Waals surface area (Å²) in [6.45, 7) is 1.80. The van der Waals surface area contributed by atoms with E-state index in [2.05, 4.69) is 10.4 Å². The first-order valence-corrected chi connectivity index (χ1v) is 15.4. The lowest BCUT2D eigenvalue weighted by Crippen LogP contribution is -2.50. The highest BCUT2D eigenvalue weighted by Crippen LogP contribution is 2.39. The van der Waals surface area contributed by atoms with Gasteiger partial charge in [0.25, 0.3) is 11.8 Å². The van der Waals surface area contributed by atoms with Crippen molar-refractivity contribution in [2.45, 2.75) is 31.9 Å². The molecule has 2 fully saturated rings. The van der Waals surface area contributed by atoms with Crippen molar-refractivity contribution >= 4 is 33.4 Å². The summed E-state index contributed by atoms with van der Waals surface area (Å²) >= 11 is 6.60. The molecule has 3 aromatic rings. The quantitative estimate of drug-likeness (QED) is 0.413. The van der Waals surface area contributed by atoms with Crippen molar-refractivity contribution < 1.29 is 22.7 Å². The van der Waals surface area contributed by atoms with E-state index in [1.54, 1.807) is 34.8 Å². The van der Waals surface area contributed by atoms with E-state index in [0.29, 0.717) is 54.1 Å². The van der Waals surface area contributed by atoms with Crippen LogP contribution in [0.15, 0.2) is 48.5 Å². The molecule has 0 radical (unpaired) electrons. The number of halogens is 1. The molecular formula is C28H32ClN5O5S. The van der Waals surface area contributed by atoms with Gasteiger partial charge in [-0.05, 0) is 48.2 Å². The average molecular weight is 586 g/mol. The van der Waals surface area contributed by atoms with Gasteiger partial charge in [-0.25, -0.2) is 8.42 Å². The molecule has 10 nitrogen and oxygen atoms in total. The number of aromatic nitrogens is 2. The number of amides is 2. The zero-order valence-electron chi connectivity index (χ0n) is 22.5. The van der Waals surface area contributed by atoms with E-state index in [0.717, 1.165) is 29.7 Å². The predicted molar refractivity (Wildman–Crippen MR) is 151 cm³/mol. The zero-order chi connectivity index (χ0) is 28.4. The van der Waals surface area contributed by atoms with Gasteiger partial charge in [0.15, 0.2) is 0 Å². The van der Waals surface area contributed by atoms with E-state index in [4.69, 9.17) is 16.3 Å². The molecule has 40 heavy (non-hydrogen) atoms. The lowest BCUT2D eigenvalue weighted by molar-refractivity contribution is 0.0698. The number of nitrogens with one attached hydrogen (secondary N) is 1. The SMILES string of the molecule is Cn1nc(C2CC2)cc1C(=O)NCc1cccc(OCc2ccc(C(=O)N3CCN(S(C)(=O)=O)CC3)cc2)c1Cl. The van der Waals surface area contributed by atoms with Crippen molar-refractivity contribution in [3.8, 4) is 5.75 Å². The highest BCUT2D eigenvalue weighted by molar-refractivity contribution is 7.88. The Morgan fingerprint density at radius 3 is 2.42 bits per heavy atom. The molecule has 1 aliphatic carbocycles. The highest BCUT2D eigenvalue weighted by atomic mass is 35.5. The van der Waals surface area contributed by atoms with Crippen LogP contribution in [0.4, 0.5) is 0 Å². The average Bonchev–Trinajstić information content (AvgIpc) is 3.72. The number of nitrogens with zero attached hydrogens (tertiary/aromatic N) is 4. The van der Waals surface area contributed by atoms with Crippen molar-refractivity contribution in [2.24, 2.45) is 7.05 Å². The summed E-state index contributed by atoms with van der Waals surface area (Å²) in [7, 11) is -1.48. The number of carbonyl (C=O) groups excluding carboxylic acids is 2. The van der Waals surface area contributed by atoms with Crippen LogP contribution >= 0.6 is 11.6 Å². The molecule has 2 heterocycles. The molecule has 1 aliphatic heterocycles. The molecule has 1 aromatic heterocycles. The summed E-state index contributed by atoms with van der Waals surface area (Å²) in [6.07, 6.45) is 3.42. The summed E-state index contributed by atoms with van der Waals surface area (Å²) in [4.78, 5) is 27.3. The minimum absolute atomic E-state index is 0.131. The predicted octanol–water partition coefficient (Wildman–Crippen LogP) is 3.18. The van der Waals surface area contributed by atoms with E-state index in [-0.39, 0.29) is 25.0 Å². The van der Waals surface area contributed by atoms with E-state index < -0.39 is 10.0 Å². The zero-order valence-corrected chi connectivity index (χ0v) is 24.0. The number of benzene rings is 2. The molecule has 5 rings (SSSR count). The van der Waals surface area contributed by atoms with Crippen molar-refractivity contribution in [3.63, 3.8) is 0 Å². The number of piperazine rings is 1. The molecule has 212 valence electrons. The van der Waals surface area contributed by atoms with Gasteiger partial charge in [-0.3, -0.25) is 14.3 Å². The normalized spacial score (nSPS) is 16.1. The number of carbonyl (C=O) groups is 2. The van der Waals surface area contributed by atoms with E-state index in [1.807, 2.05) is 30.3 Å². The molecule has 0 spiro atoms. The minimum atomic E-state index is -3.25. The van der Waals surface area contributed by atoms with E-state index >= 15 is 0 Å². The van der Waals surface area contributed by atoms with Crippen LogP contribution in [0.1, 0.15) is 56.4 Å². The summed E-state index contributed by atoms with van der Waals surface area (Å²) in [6, 6.07) is 14.4. The lowest BCUT2D eigenvalue weighted by atomic mass is 10.1. The van der Waals surface area contributed by atoms with Crippen LogP contribution in [-0.4, -0.2) is 71.7 Å². The van der Waals surface area contributed by atoms with Crippen LogP contribution in [0.25, 0.3) is 0 Å². The maximum atomic E-state index is 12.9. The molecule has 12 heteroatoms. The van der Waals surface area contributed by atoms with Gasteiger partial charge < -0.3 is 15.0 Å². The van der Waals surface area contributed by atoms with Crippen LogP contribution in [-0.2, 0) is 30.2 Å². The van der Waals surface area contributed by atoms with E-state index in [1.165, 1.54) is 10.6 Å². The number of sulfonamides is 1. The molecule has 0 unspecified atom stereocenters. The maximum absolute atomic E-state index is 12.9. The smallest absolute Gasteiger partial charge is 0.269 e. The fourth-order valence-corrected chi connectivity index (χ4v) is 5.73. The van der Waals surface area contributed by atoms with Crippen LogP contribution in [0.2, 0.25) is 5.02 Å². The fourth-order valence-electron chi connectivity index (χ4n) is 4.66. The third kappa shape index (κ3) is 6.48. The van der Waals surface area contributed by atoms with Crippen LogP contribution in [0.5, 0.6) is 5.75 Å². The number of aryl methyl sites for hydroxylation is 1. The maximum Gasteiger partial charge on any atom is 0.269 e. The lowest BCUT2D eigenvalue weighted by Gasteiger charge is -2.33. The molecule has 2 aromatic carbocycles. The molecular weight excluding hydrogens is 554 g/mol. The number of rotatable bonds is 9. The molecule has 0 bridgehead atoms. The Labute approximate surface area is 238 Å². The largest absolute Gasteiger partial charge is 0.487 e. The minimum Gasteiger partial charge on any atom is -0.487 e. The van der Waals surface area contributed by atoms with Crippen LogP contribution in [0, 0.1) is 0 Å². The second kappa shape index (κ2) is 11.6. The standard InChI is InChI=1S/C28H32ClN5O5S/c1-32-24(16-23(31-32)20-10-11-20)27(35)30-17-22-4-3-5-25(26(22)29)39-18-19-6-8-21(9-7-19)28(36)33-12-14-34(15-13-33)40(2,37)38/h3-9,16,20H,10-15,17-18H2,1-2H3,(H,30,35). The Morgan fingerprint density at radius 2 is 1.77 bits per heavy atom. The molecule has 2 aliphatic rings.